The fourth-order valence-corrected chi connectivity index (χ4v) is 4.04. The number of hydrogen-bond donors (Lipinski definition) is 0. The lowest BCUT2D eigenvalue weighted by Crippen LogP contribution is -1.99. The minimum absolute atomic E-state index is 0.457. The quantitative estimate of drug-likeness (QED) is 0.316. The van der Waals surface area contributed by atoms with E-state index in [4.69, 9.17) is 13.6 Å². The molecule has 0 atom stereocenters. The van der Waals surface area contributed by atoms with Crippen molar-refractivity contribution in [3.8, 4) is 34.3 Å². The third-order valence-electron chi connectivity index (χ3n) is 4.88. The van der Waals surface area contributed by atoms with E-state index in [9.17, 15) is 0 Å². The van der Waals surface area contributed by atoms with E-state index < -0.39 is 0 Å². The zero-order chi connectivity index (χ0) is 21.9. The van der Waals surface area contributed by atoms with Gasteiger partial charge in [0.1, 0.15) is 11.5 Å². The third-order valence-corrected chi connectivity index (χ3v) is 5.79. The Bertz CT molecular complexity index is 1330. The highest BCUT2D eigenvalue weighted by molar-refractivity contribution is 7.98. The Morgan fingerprint density at radius 2 is 1.75 bits per heavy atom. The fraction of sp³-hybridized carbons (Fsp3) is 0.130. The highest BCUT2D eigenvalue weighted by atomic mass is 32.2. The number of aryl methyl sites for hydroxylation is 1. The van der Waals surface area contributed by atoms with E-state index in [0.29, 0.717) is 17.5 Å². The molecule has 0 amide bonds. The summed E-state index contributed by atoms with van der Waals surface area (Å²) in [6.07, 6.45) is 1.65. The lowest BCUT2D eigenvalue weighted by atomic mass is 10.2. The minimum Gasteiger partial charge on any atom is -0.497 e. The van der Waals surface area contributed by atoms with E-state index in [-0.39, 0.29) is 0 Å². The molecule has 0 spiro atoms. The molecule has 0 unspecified atom stereocenters. The Labute approximate surface area is 188 Å². The number of para-hydroxylation sites is 1. The summed E-state index contributed by atoms with van der Waals surface area (Å²) < 4.78 is 18.5. The van der Waals surface area contributed by atoms with Gasteiger partial charge < -0.3 is 13.6 Å². The Hall–Kier alpha value is -3.85. The molecule has 0 saturated heterocycles. The molecule has 160 valence electrons. The molecule has 9 heteroatoms. The largest absolute Gasteiger partial charge is 0.497 e. The number of methoxy groups -OCH3 is 1. The standard InChI is InChI=1S/C23H19N5O3S/c1-15-19(12-13-30-15)21-25-27-23(28(21)17-6-4-3-5-7-17)32-14-20-24-26-22(31-20)16-8-10-18(29-2)11-9-16/h3-13H,14H2,1-2H3. The second-order valence-electron chi connectivity index (χ2n) is 6.89. The van der Waals surface area contributed by atoms with E-state index in [1.54, 1.807) is 13.4 Å². The van der Waals surface area contributed by atoms with Crippen molar-refractivity contribution >= 4 is 11.8 Å². The number of furan rings is 1. The molecule has 5 aromatic rings. The van der Waals surface area contributed by atoms with Crippen molar-refractivity contribution in [2.24, 2.45) is 0 Å². The van der Waals surface area contributed by atoms with Crippen LogP contribution in [0, 0.1) is 6.92 Å². The summed E-state index contributed by atoms with van der Waals surface area (Å²) in [5, 5.41) is 17.9. The highest BCUT2D eigenvalue weighted by Crippen LogP contribution is 2.32. The Balaban J connectivity index is 1.41. The molecule has 3 aromatic heterocycles. The topological polar surface area (TPSA) is 92.0 Å². The normalized spacial score (nSPS) is 11.1. The van der Waals surface area contributed by atoms with Crippen LogP contribution in [0.15, 0.2) is 80.9 Å². The Morgan fingerprint density at radius 1 is 0.938 bits per heavy atom. The van der Waals surface area contributed by atoms with Crippen LogP contribution >= 0.6 is 11.8 Å². The van der Waals surface area contributed by atoms with Gasteiger partial charge in [-0.15, -0.1) is 20.4 Å². The van der Waals surface area contributed by atoms with Crippen LogP contribution in [0.1, 0.15) is 11.7 Å². The molecule has 0 bridgehead atoms. The first-order valence-corrected chi connectivity index (χ1v) is 10.9. The van der Waals surface area contributed by atoms with Gasteiger partial charge in [0.15, 0.2) is 11.0 Å². The highest BCUT2D eigenvalue weighted by Gasteiger charge is 2.20. The van der Waals surface area contributed by atoms with Crippen LogP contribution in [-0.4, -0.2) is 32.1 Å². The fourth-order valence-electron chi connectivity index (χ4n) is 3.25. The van der Waals surface area contributed by atoms with Gasteiger partial charge in [-0.2, -0.15) is 0 Å². The molecular formula is C23H19N5O3S. The summed E-state index contributed by atoms with van der Waals surface area (Å²) in [6.45, 7) is 1.91. The molecule has 0 aliphatic rings. The van der Waals surface area contributed by atoms with Crippen molar-refractivity contribution in [2.75, 3.05) is 7.11 Å². The van der Waals surface area contributed by atoms with Crippen molar-refractivity contribution in [3.63, 3.8) is 0 Å². The van der Waals surface area contributed by atoms with Gasteiger partial charge in [0, 0.05) is 11.3 Å². The Morgan fingerprint density at radius 3 is 2.47 bits per heavy atom. The van der Waals surface area contributed by atoms with E-state index in [0.717, 1.165) is 39.3 Å². The second kappa shape index (κ2) is 8.72. The number of hydrogen-bond acceptors (Lipinski definition) is 8. The minimum atomic E-state index is 0.457. The maximum Gasteiger partial charge on any atom is 0.247 e. The molecule has 2 aromatic carbocycles. The summed E-state index contributed by atoms with van der Waals surface area (Å²) >= 11 is 1.48. The number of benzene rings is 2. The van der Waals surface area contributed by atoms with Gasteiger partial charge in [0.2, 0.25) is 11.8 Å². The lowest BCUT2D eigenvalue weighted by molar-refractivity contribution is 0.415. The predicted octanol–water partition coefficient (Wildman–Crippen LogP) is 5.19. The predicted molar refractivity (Wildman–Crippen MR) is 120 cm³/mol. The number of thioether (sulfide) groups is 1. The number of rotatable bonds is 7. The summed E-state index contributed by atoms with van der Waals surface area (Å²) in [5.41, 5.74) is 2.69. The van der Waals surface area contributed by atoms with Gasteiger partial charge >= 0.3 is 0 Å². The smallest absolute Gasteiger partial charge is 0.247 e. The van der Waals surface area contributed by atoms with Crippen molar-refractivity contribution < 1.29 is 13.6 Å². The lowest BCUT2D eigenvalue weighted by Gasteiger charge is -2.09. The van der Waals surface area contributed by atoms with E-state index >= 15 is 0 Å². The van der Waals surface area contributed by atoms with E-state index in [1.165, 1.54) is 11.8 Å². The Kier molecular flexibility index (Phi) is 5.47. The maximum atomic E-state index is 5.85. The first kappa shape index (κ1) is 20.1. The average Bonchev–Trinajstić information content (AvgIpc) is 3.58. The zero-order valence-electron chi connectivity index (χ0n) is 17.4. The number of aromatic nitrogens is 5. The van der Waals surface area contributed by atoms with Gasteiger partial charge in [0.05, 0.1) is 24.7 Å². The molecule has 0 N–H and O–H groups in total. The van der Waals surface area contributed by atoms with Crippen molar-refractivity contribution in [3.05, 3.63) is 78.6 Å². The van der Waals surface area contributed by atoms with E-state index in [2.05, 4.69) is 20.4 Å². The van der Waals surface area contributed by atoms with Crippen LogP contribution in [-0.2, 0) is 5.75 Å². The first-order chi connectivity index (χ1) is 15.7. The average molecular weight is 446 g/mol. The molecule has 0 aliphatic heterocycles. The molecule has 8 nitrogen and oxygen atoms in total. The third kappa shape index (κ3) is 3.90. The van der Waals surface area contributed by atoms with E-state index in [1.807, 2.05) is 72.2 Å². The van der Waals surface area contributed by atoms with Crippen LogP contribution in [0.2, 0.25) is 0 Å². The zero-order valence-corrected chi connectivity index (χ0v) is 18.2. The van der Waals surface area contributed by atoms with Gasteiger partial charge in [-0.3, -0.25) is 4.57 Å². The molecule has 3 heterocycles. The van der Waals surface area contributed by atoms with Gasteiger partial charge in [-0.1, -0.05) is 30.0 Å². The number of ether oxygens (including phenoxy) is 1. The van der Waals surface area contributed by atoms with Gasteiger partial charge in [-0.25, -0.2) is 0 Å². The van der Waals surface area contributed by atoms with Gasteiger partial charge in [0.25, 0.3) is 0 Å². The maximum absolute atomic E-state index is 5.85. The number of nitrogens with zero attached hydrogens (tertiary/aromatic N) is 5. The van der Waals surface area contributed by atoms with Crippen molar-refractivity contribution in [1.29, 1.82) is 0 Å². The summed E-state index contributed by atoms with van der Waals surface area (Å²) in [7, 11) is 1.63. The van der Waals surface area contributed by atoms with Crippen LogP contribution in [0.5, 0.6) is 5.75 Å². The molecule has 5 rings (SSSR count). The van der Waals surface area contributed by atoms with Crippen LogP contribution < -0.4 is 4.74 Å². The second-order valence-corrected chi connectivity index (χ2v) is 7.83. The molecular weight excluding hydrogens is 426 g/mol. The molecule has 32 heavy (non-hydrogen) atoms. The van der Waals surface area contributed by atoms with Crippen LogP contribution in [0.3, 0.4) is 0 Å². The first-order valence-electron chi connectivity index (χ1n) is 9.88. The summed E-state index contributed by atoms with van der Waals surface area (Å²) in [5.74, 6) is 3.69. The van der Waals surface area contributed by atoms with Gasteiger partial charge in [-0.05, 0) is 49.4 Å². The van der Waals surface area contributed by atoms with Crippen LogP contribution in [0.4, 0.5) is 0 Å². The molecule has 0 radical (unpaired) electrons. The molecule has 0 fully saturated rings. The summed E-state index contributed by atoms with van der Waals surface area (Å²) in [4.78, 5) is 0. The van der Waals surface area contributed by atoms with Crippen molar-refractivity contribution in [1.82, 2.24) is 25.0 Å². The summed E-state index contributed by atoms with van der Waals surface area (Å²) in [6, 6.07) is 19.3. The van der Waals surface area contributed by atoms with Crippen LogP contribution in [0.25, 0.3) is 28.5 Å². The SMILES string of the molecule is COc1ccc(-c2nnc(CSc3nnc(-c4ccoc4C)n3-c3ccccc3)o2)cc1. The molecule has 0 aliphatic carbocycles. The monoisotopic (exact) mass is 445 g/mol. The van der Waals surface area contributed by atoms with Crippen molar-refractivity contribution in [2.45, 2.75) is 17.8 Å². The molecule has 0 saturated carbocycles.